The second kappa shape index (κ2) is 6.94. The summed E-state index contributed by atoms with van der Waals surface area (Å²) >= 11 is 0. The summed E-state index contributed by atoms with van der Waals surface area (Å²) in [6, 6.07) is 1.65. The van der Waals surface area contributed by atoms with Gasteiger partial charge in [0.15, 0.2) is 0 Å². The van der Waals surface area contributed by atoms with Crippen LogP contribution in [0.5, 0.6) is 0 Å². The van der Waals surface area contributed by atoms with Gasteiger partial charge in [-0.2, -0.15) is 0 Å². The van der Waals surface area contributed by atoms with Gasteiger partial charge in [0.2, 0.25) is 10.0 Å². The largest absolute Gasteiger partial charge is 0.352 e. The van der Waals surface area contributed by atoms with Gasteiger partial charge in [-0.25, -0.2) is 13.1 Å². The summed E-state index contributed by atoms with van der Waals surface area (Å²) in [5, 5.41) is 0. The third-order valence-electron chi connectivity index (χ3n) is 4.71. The Labute approximate surface area is 128 Å². The van der Waals surface area contributed by atoms with Gasteiger partial charge in [0, 0.05) is 32.0 Å². The van der Waals surface area contributed by atoms with Crippen molar-refractivity contribution < 1.29 is 8.42 Å². The third kappa shape index (κ3) is 4.08. The van der Waals surface area contributed by atoms with Gasteiger partial charge in [0.25, 0.3) is 0 Å². The Morgan fingerprint density at radius 1 is 1.29 bits per heavy atom. The van der Waals surface area contributed by atoms with Crippen LogP contribution in [0.25, 0.3) is 0 Å². The minimum atomic E-state index is -3.42. The molecular weight excluding hydrogens is 286 g/mol. The Balaban J connectivity index is 1.92. The topological polar surface area (TPSA) is 77.1 Å². The molecular formula is C15H27N3O2S. The smallest absolute Gasteiger partial charge is 0.242 e. The molecule has 6 heteroatoms. The van der Waals surface area contributed by atoms with Crippen LogP contribution in [0.4, 0.5) is 0 Å². The van der Waals surface area contributed by atoms with Crippen molar-refractivity contribution in [3.63, 3.8) is 0 Å². The molecule has 0 radical (unpaired) electrons. The van der Waals surface area contributed by atoms with Gasteiger partial charge in [0.05, 0.1) is 4.90 Å². The minimum Gasteiger partial charge on any atom is -0.352 e. The lowest BCUT2D eigenvalue weighted by Gasteiger charge is -2.27. The predicted octanol–water partition coefficient (Wildman–Crippen LogP) is 1.98. The lowest BCUT2D eigenvalue weighted by Crippen LogP contribution is -2.31. The van der Waals surface area contributed by atoms with E-state index in [0.717, 1.165) is 24.5 Å². The first-order chi connectivity index (χ1) is 9.96. The van der Waals surface area contributed by atoms with Crippen molar-refractivity contribution in [2.75, 3.05) is 6.54 Å². The zero-order valence-corrected chi connectivity index (χ0v) is 13.8. The van der Waals surface area contributed by atoms with E-state index in [1.807, 2.05) is 7.05 Å². The first-order valence-electron chi connectivity index (χ1n) is 7.81. The van der Waals surface area contributed by atoms with Gasteiger partial charge in [-0.3, -0.25) is 0 Å². The van der Waals surface area contributed by atoms with E-state index in [0.29, 0.717) is 23.9 Å². The Bertz CT molecular complexity index is 557. The number of aryl methyl sites for hydroxylation is 1. The number of nitrogens with two attached hydrogens (primary N) is 1. The van der Waals surface area contributed by atoms with Crippen LogP contribution >= 0.6 is 0 Å². The molecule has 1 aliphatic rings. The molecule has 21 heavy (non-hydrogen) atoms. The lowest BCUT2D eigenvalue weighted by atomic mass is 9.81. The monoisotopic (exact) mass is 313 g/mol. The van der Waals surface area contributed by atoms with Crippen molar-refractivity contribution in [2.45, 2.75) is 50.5 Å². The Kier molecular flexibility index (Phi) is 5.46. The molecule has 1 saturated carbocycles. The molecule has 2 rings (SSSR count). The van der Waals surface area contributed by atoms with Gasteiger partial charge in [-0.1, -0.05) is 26.2 Å². The molecule has 1 aromatic heterocycles. The first-order valence-corrected chi connectivity index (χ1v) is 9.29. The molecule has 0 atom stereocenters. The van der Waals surface area contributed by atoms with Crippen molar-refractivity contribution in [2.24, 2.45) is 24.6 Å². The molecule has 0 spiro atoms. The summed E-state index contributed by atoms with van der Waals surface area (Å²) in [7, 11) is -1.60. The molecule has 0 aromatic carbocycles. The summed E-state index contributed by atoms with van der Waals surface area (Å²) in [5.41, 5.74) is 6.41. The summed E-state index contributed by atoms with van der Waals surface area (Å²) < 4.78 is 29.1. The molecule has 0 aliphatic heterocycles. The first kappa shape index (κ1) is 16.5. The van der Waals surface area contributed by atoms with E-state index in [4.69, 9.17) is 5.73 Å². The number of hydrogen-bond donors (Lipinski definition) is 2. The highest BCUT2D eigenvalue weighted by molar-refractivity contribution is 7.89. The van der Waals surface area contributed by atoms with E-state index in [9.17, 15) is 8.42 Å². The van der Waals surface area contributed by atoms with Crippen LogP contribution in [-0.2, 0) is 23.6 Å². The third-order valence-corrected chi connectivity index (χ3v) is 6.10. The zero-order chi connectivity index (χ0) is 15.5. The summed E-state index contributed by atoms with van der Waals surface area (Å²) in [6.07, 6.45) is 7.58. The lowest BCUT2D eigenvalue weighted by molar-refractivity contribution is 0.270. The maximum atomic E-state index is 12.3. The highest BCUT2D eigenvalue weighted by atomic mass is 32.2. The summed E-state index contributed by atoms with van der Waals surface area (Å²) in [4.78, 5) is 0.313. The van der Waals surface area contributed by atoms with Crippen LogP contribution in [0.15, 0.2) is 17.2 Å². The van der Waals surface area contributed by atoms with Gasteiger partial charge in [0.1, 0.15) is 0 Å². The molecule has 1 fully saturated rings. The molecule has 1 heterocycles. The van der Waals surface area contributed by atoms with Gasteiger partial charge in [-0.15, -0.1) is 0 Å². The van der Waals surface area contributed by atoms with Crippen LogP contribution in [0, 0.1) is 11.8 Å². The second-order valence-corrected chi connectivity index (χ2v) is 7.90. The quantitative estimate of drug-likeness (QED) is 0.843. The summed E-state index contributed by atoms with van der Waals surface area (Å²) in [6.45, 7) is 3.12. The van der Waals surface area contributed by atoms with E-state index in [1.54, 1.807) is 16.8 Å². The van der Waals surface area contributed by atoms with E-state index < -0.39 is 10.0 Å². The van der Waals surface area contributed by atoms with Gasteiger partial charge < -0.3 is 10.3 Å². The molecule has 0 unspecified atom stereocenters. The van der Waals surface area contributed by atoms with E-state index in [2.05, 4.69) is 11.6 Å². The molecule has 0 amide bonds. The average molecular weight is 313 g/mol. The van der Waals surface area contributed by atoms with Crippen LogP contribution < -0.4 is 10.5 Å². The fourth-order valence-electron chi connectivity index (χ4n) is 3.08. The van der Waals surface area contributed by atoms with Crippen molar-refractivity contribution in [1.82, 2.24) is 9.29 Å². The highest BCUT2D eigenvalue weighted by Gasteiger charge is 2.23. The van der Waals surface area contributed by atoms with E-state index in [-0.39, 0.29) is 0 Å². The minimum absolute atomic E-state index is 0.313. The SMILES string of the molecule is CCC1CCC(CNS(=O)(=O)c2cc(CN)n(C)c2)CC1. The predicted molar refractivity (Wildman–Crippen MR) is 84.2 cm³/mol. The zero-order valence-electron chi connectivity index (χ0n) is 13.0. The molecule has 5 nitrogen and oxygen atoms in total. The number of sulfonamides is 1. The Morgan fingerprint density at radius 2 is 1.90 bits per heavy atom. The molecule has 0 bridgehead atoms. The Hall–Kier alpha value is -0.850. The Morgan fingerprint density at radius 3 is 2.43 bits per heavy atom. The number of nitrogens with zero attached hydrogens (tertiary/aromatic N) is 1. The fraction of sp³-hybridized carbons (Fsp3) is 0.733. The molecule has 1 aliphatic carbocycles. The molecule has 120 valence electrons. The number of nitrogens with one attached hydrogen (secondary N) is 1. The van der Waals surface area contributed by atoms with Crippen molar-refractivity contribution >= 4 is 10.0 Å². The van der Waals surface area contributed by atoms with E-state index >= 15 is 0 Å². The van der Waals surface area contributed by atoms with Crippen molar-refractivity contribution in [3.8, 4) is 0 Å². The number of aromatic nitrogens is 1. The van der Waals surface area contributed by atoms with Gasteiger partial charge >= 0.3 is 0 Å². The van der Waals surface area contributed by atoms with Crippen molar-refractivity contribution in [3.05, 3.63) is 18.0 Å². The fourth-order valence-corrected chi connectivity index (χ4v) is 4.29. The molecule has 1 aromatic rings. The highest BCUT2D eigenvalue weighted by Crippen LogP contribution is 2.30. The maximum Gasteiger partial charge on any atom is 0.242 e. The van der Waals surface area contributed by atoms with Crippen LogP contribution in [0.3, 0.4) is 0 Å². The average Bonchev–Trinajstić information content (AvgIpc) is 2.88. The second-order valence-electron chi connectivity index (χ2n) is 6.13. The van der Waals surface area contributed by atoms with Gasteiger partial charge in [-0.05, 0) is 30.7 Å². The van der Waals surface area contributed by atoms with Crippen LogP contribution in [0.1, 0.15) is 44.7 Å². The standard InChI is InChI=1S/C15H27N3O2S/c1-3-12-4-6-13(7-5-12)10-17-21(19,20)15-8-14(9-16)18(2)11-15/h8,11-13,17H,3-7,9-10,16H2,1-2H3. The number of hydrogen-bond acceptors (Lipinski definition) is 3. The number of rotatable bonds is 6. The van der Waals surface area contributed by atoms with Crippen LogP contribution in [0.2, 0.25) is 0 Å². The summed E-state index contributed by atoms with van der Waals surface area (Å²) in [5.74, 6) is 1.30. The van der Waals surface area contributed by atoms with Crippen molar-refractivity contribution in [1.29, 1.82) is 0 Å². The normalized spacial score (nSPS) is 23.4. The van der Waals surface area contributed by atoms with E-state index in [1.165, 1.54) is 19.3 Å². The molecule has 0 saturated heterocycles. The maximum absolute atomic E-state index is 12.3. The van der Waals surface area contributed by atoms with Crippen LogP contribution in [-0.4, -0.2) is 19.5 Å². The molecule has 3 N–H and O–H groups in total.